The minimum absolute atomic E-state index is 0.0228. The Hall–Kier alpha value is -2.28. The lowest BCUT2D eigenvalue weighted by atomic mass is 9.86. The molecule has 0 spiro atoms. The summed E-state index contributed by atoms with van der Waals surface area (Å²) in [6.07, 6.45) is -2.11. The van der Waals surface area contributed by atoms with Crippen LogP contribution in [0.15, 0.2) is 52.8 Å². The number of alkyl halides is 3. The highest BCUT2D eigenvalue weighted by Crippen LogP contribution is 2.45. The normalized spacial score (nSPS) is 17.6. The number of benzene rings is 1. The van der Waals surface area contributed by atoms with Crippen LogP contribution in [0.25, 0.3) is 5.57 Å². The number of aromatic nitrogens is 1. The molecule has 0 unspecified atom stereocenters. The molecule has 0 aliphatic carbocycles. The van der Waals surface area contributed by atoms with Gasteiger partial charge in [0, 0.05) is 39.8 Å². The van der Waals surface area contributed by atoms with E-state index in [1.165, 1.54) is 24.3 Å². The van der Waals surface area contributed by atoms with Crippen LogP contribution < -0.4 is 0 Å². The molecule has 3 heterocycles. The van der Waals surface area contributed by atoms with Crippen LogP contribution in [0, 0.1) is 10.1 Å². The Morgan fingerprint density at radius 3 is 2.41 bits per heavy atom. The van der Waals surface area contributed by atoms with E-state index in [2.05, 4.69) is 31.9 Å². The van der Waals surface area contributed by atoms with Gasteiger partial charge in [-0.15, -0.1) is 0 Å². The topological polar surface area (TPSA) is 51.1 Å². The molecule has 0 saturated carbocycles. The number of hydrogen-bond acceptors (Lipinski definition) is 2. The van der Waals surface area contributed by atoms with E-state index in [-0.39, 0.29) is 31.8 Å². The van der Waals surface area contributed by atoms with E-state index < -0.39 is 29.3 Å². The first-order valence-electron chi connectivity index (χ1n) is 7.94. The molecule has 0 radical (unpaired) electrons. The molecule has 0 saturated heterocycles. The molecule has 0 fully saturated rings. The predicted molar refractivity (Wildman–Crippen MR) is 103 cm³/mol. The Morgan fingerprint density at radius 1 is 1.10 bits per heavy atom. The van der Waals surface area contributed by atoms with Crippen LogP contribution in [0.5, 0.6) is 0 Å². The van der Waals surface area contributed by atoms with Gasteiger partial charge in [0.2, 0.25) is 4.62 Å². The van der Waals surface area contributed by atoms with Gasteiger partial charge in [-0.1, -0.05) is 0 Å². The van der Waals surface area contributed by atoms with Crippen molar-refractivity contribution in [3.8, 4) is 0 Å². The highest BCUT2D eigenvalue weighted by Gasteiger charge is 2.54. The van der Waals surface area contributed by atoms with Crippen LogP contribution in [0.1, 0.15) is 16.8 Å². The van der Waals surface area contributed by atoms with Crippen molar-refractivity contribution in [3.05, 3.63) is 79.7 Å². The quantitative estimate of drug-likeness (QED) is 0.218. The number of allylic oxidation sites excluding steroid dienone is 2. The SMILES string of the molecule is O=[N+]([O-])c1cc(C(F)(F)F)ccc1C1=C2C=CC(Br)=[N+]2[B-](F)(F)n2c(Br)ccc21. The Morgan fingerprint density at radius 2 is 1.79 bits per heavy atom. The zero-order valence-electron chi connectivity index (χ0n) is 13.9. The maximum absolute atomic E-state index is 15.2. The summed E-state index contributed by atoms with van der Waals surface area (Å²) in [4.78, 5) is 10.6. The van der Waals surface area contributed by atoms with E-state index in [9.17, 15) is 23.3 Å². The van der Waals surface area contributed by atoms with Crippen LogP contribution in [0.2, 0.25) is 0 Å². The van der Waals surface area contributed by atoms with Gasteiger partial charge in [0.15, 0.2) is 5.70 Å². The zero-order valence-corrected chi connectivity index (χ0v) is 17.1. The molecule has 0 bridgehead atoms. The van der Waals surface area contributed by atoms with Gasteiger partial charge in [-0.3, -0.25) is 10.1 Å². The smallest absolute Gasteiger partial charge is 0.389 e. The number of rotatable bonds is 2. The van der Waals surface area contributed by atoms with Gasteiger partial charge in [0.25, 0.3) is 5.69 Å². The summed E-state index contributed by atoms with van der Waals surface area (Å²) in [5, 5.41) is 11.6. The average Bonchev–Trinajstić information content (AvgIpc) is 3.19. The molecule has 0 N–H and O–H groups in total. The summed E-state index contributed by atoms with van der Waals surface area (Å²) >= 11 is 6.10. The summed E-state index contributed by atoms with van der Waals surface area (Å²) in [7, 11) is 0. The van der Waals surface area contributed by atoms with Crippen molar-refractivity contribution < 1.29 is 31.2 Å². The third-order valence-electron chi connectivity index (χ3n) is 4.66. The Labute approximate surface area is 176 Å². The zero-order chi connectivity index (χ0) is 21.3. The van der Waals surface area contributed by atoms with Crippen LogP contribution in [-0.4, -0.2) is 25.5 Å². The lowest BCUT2D eigenvalue weighted by Gasteiger charge is -2.32. The second-order valence-electron chi connectivity index (χ2n) is 6.27. The van der Waals surface area contributed by atoms with Crippen molar-refractivity contribution in [1.82, 2.24) is 4.48 Å². The number of nitrogens with zero attached hydrogens (tertiary/aromatic N) is 3. The predicted octanol–water partition coefficient (Wildman–Crippen LogP) is 5.55. The molecule has 2 aromatic rings. The Balaban J connectivity index is 2.09. The van der Waals surface area contributed by atoms with Crippen molar-refractivity contribution in [2.75, 3.05) is 0 Å². The van der Waals surface area contributed by atoms with Crippen LogP contribution in [-0.2, 0) is 6.18 Å². The number of hydrogen-bond donors (Lipinski definition) is 0. The fourth-order valence-corrected chi connectivity index (χ4v) is 4.62. The van der Waals surface area contributed by atoms with Crippen molar-refractivity contribution in [2.45, 2.75) is 6.18 Å². The van der Waals surface area contributed by atoms with E-state index >= 15 is 8.63 Å². The van der Waals surface area contributed by atoms with Gasteiger partial charge >= 0.3 is 13.1 Å². The lowest BCUT2D eigenvalue weighted by Crippen LogP contribution is -2.50. The average molecular weight is 539 g/mol. The molecule has 1 aromatic heterocycles. The molecule has 1 aromatic carbocycles. The first-order chi connectivity index (χ1) is 13.4. The molecule has 150 valence electrons. The lowest BCUT2D eigenvalue weighted by molar-refractivity contribution is -0.385. The van der Waals surface area contributed by atoms with Gasteiger partial charge in [0.1, 0.15) is 0 Å². The molecule has 2 aliphatic heterocycles. The summed E-state index contributed by atoms with van der Waals surface area (Å²) < 4.78 is 70.9. The summed E-state index contributed by atoms with van der Waals surface area (Å²) in [6.45, 7) is -4.35. The van der Waals surface area contributed by atoms with Gasteiger partial charge in [-0.05, 0) is 40.2 Å². The van der Waals surface area contributed by atoms with Crippen molar-refractivity contribution in [1.29, 1.82) is 0 Å². The summed E-state index contributed by atoms with van der Waals surface area (Å²) in [5.41, 5.74) is -2.32. The Bertz CT molecular complexity index is 1180. The second-order valence-corrected chi connectivity index (χ2v) is 7.90. The minimum atomic E-state index is -4.79. The second kappa shape index (κ2) is 6.36. The van der Waals surface area contributed by atoms with Gasteiger partial charge < -0.3 is 17.6 Å². The third-order valence-corrected chi connectivity index (χ3v) is 5.95. The Kier molecular flexibility index (Phi) is 4.39. The summed E-state index contributed by atoms with van der Waals surface area (Å²) in [5.74, 6) is 0. The van der Waals surface area contributed by atoms with E-state index in [0.717, 1.165) is 6.07 Å². The highest BCUT2D eigenvalue weighted by atomic mass is 79.9. The fraction of sp³-hybridized carbons (Fsp3) is 0.0625. The molecule has 0 amide bonds. The van der Waals surface area contributed by atoms with E-state index in [4.69, 9.17) is 0 Å². The van der Waals surface area contributed by atoms with Gasteiger partial charge in [0.05, 0.1) is 26.2 Å². The van der Waals surface area contributed by atoms with Gasteiger partial charge in [-0.25, -0.2) is 0 Å². The standard InChI is InChI=1S/C16H7BBr2F5N3O2/c18-13-5-3-10-15(11-4-6-14(19)26(11)17(23,24)25(10)13)9-2-1-8(16(20,21)22)7-12(9)27(28)29/h1-7H. The minimum Gasteiger partial charge on any atom is -0.389 e. The number of nitro groups is 1. The van der Waals surface area contributed by atoms with E-state index in [1.54, 1.807) is 0 Å². The summed E-state index contributed by atoms with van der Waals surface area (Å²) in [6, 6.07) is 4.72. The number of halogens is 7. The van der Waals surface area contributed by atoms with Gasteiger partial charge in [-0.2, -0.15) is 13.2 Å². The number of fused-ring (bicyclic) bond motifs is 2. The van der Waals surface area contributed by atoms with Crippen LogP contribution in [0.3, 0.4) is 0 Å². The fourth-order valence-electron chi connectivity index (χ4n) is 3.48. The molecule has 5 nitrogen and oxygen atoms in total. The largest absolute Gasteiger partial charge is 0.738 e. The molecule has 0 atom stereocenters. The molecular formula is C16H7BBr2F5N3O2. The third kappa shape index (κ3) is 2.89. The monoisotopic (exact) mass is 537 g/mol. The molecule has 29 heavy (non-hydrogen) atoms. The first kappa shape index (κ1) is 20.0. The highest BCUT2D eigenvalue weighted by molar-refractivity contribution is 9.18. The van der Waals surface area contributed by atoms with E-state index in [0.29, 0.717) is 21.1 Å². The maximum Gasteiger partial charge on any atom is 0.738 e. The maximum atomic E-state index is 15.2. The molecule has 2 aliphatic rings. The number of nitro benzene ring substituents is 1. The first-order valence-corrected chi connectivity index (χ1v) is 9.53. The van der Waals surface area contributed by atoms with Crippen molar-refractivity contribution in [2.24, 2.45) is 0 Å². The molecule has 4 rings (SSSR count). The van der Waals surface area contributed by atoms with Crippen LogP contribution in [0.4, 0.5) is 27.5 Å². The van der Waals surface area contributed by atoms with Crippen molar-refractivity contribution >= 4 is 54.7 Å². The molecule has 13 heteroatoms. The molecular weight excluding hydrogens is 532 g/mol. The van der Waals surface area contributed by atoms with E-state index in [1.807, 2.05) is 0 Å². The van der Waals surface area contributed by atoms with Crippen LogP contribution >= 0.6 is 31.9 Å². The van der Waals surface area contributed by atoms with Crippen molar-refractivity contribution in [3.63, 3.8) is 0 Å².